The zero-order valence-electron chi connectivity index (χ0n) is 9.46. The lowest BCUT2D eigenvalue weighted by Gasteiger charge is -2.10. The summed E-state index contributed by atoms with van der Waals surface area (Å²) < 4.78 is 10.5. The largest absolute Gasteiger partial charge is 0.496 e. The number of aromatic amines is 1. The van der Waals surface area contributed by atoms with E-state index < -0.39 is 0 Å². The van der Waals surface area contributed by atoms with Gasteiger partial charge >= 0.3 is 0 Å². The van der Waals surface area contributed by atoms with Gasteiger partial charge in [0.15, 0.2) is 0 Å². The fraction of sp³-hybridized carbons (Fsp3) is 0.250. The third kappa shape index (κ3) is 1.43. The summed E-state index contributed by atoms with van der Waals surface area (Å²) in [4.78, 5) is 14.5. The average molecular weight is 219 g/mol. The van der Waals surface area contributed by atoms with Crippen molar-refractivity contribution in [3.05, 3.63) is 34.1 Å². The van der Waals surface area contributed by atoms with Crippen molar-refractivity contribution in [1.29, 1.82) is 0 Å². The highest BCUT2D eigenvalue weighted by Gasteiger charge is 2.11. The van der Waals surface area contributed by atoms with Gasteiger partial charge in [-0.15, -0.1) is 0 Å². The Labute approximate surface area is 92.8 Å². The van der Waals surface area contributed by atoms with Crippen LogP contribution in [0.5, 0.6) is 11.5 Å². The summed E-state index contributed by atoms with van der Waals surface area (Å²) in [5.41, 5.74) is 1.08. The Morgan fingerprint density at radius 3 is 2.56 bits per heavy atom. The molecule has 0 aliphatic carbocycles. The molecule has 2 rings (SSSR count). The van der Waals surface area contributed by atoms with E-state index in [9.17, 15) is 4.79 Å². The quantitative estimate of drug-likeness (QED) is 0.838. The number of H-pyrrole nitrogens is 1. The fourth-order valence-corrected chi connectivity index (χ4v) is 1.79. The van der Waals surface area contributed by atoms with Gasteiger partial charge in [-0.1, -0.05) is 6.07 Å². The Hall–Kier alpha value is -1.97. The molecule has 1 aromatic heterocycles. The molecule has 0 saturated heterocycles. The molecular formula is C12H13NO3. The number of para-hydroxylation sites is 1. The smallest absolute Gasteiger partial charge is 0.255 e. The van der Waals surface area contributed by atoms with Crippen LogP contribution in [0.4, 0.5) is 0 Å². The molecular weight excluding hydrogens is 206 g/mol. The van der Waals surface area contributed by atoms with E-state index in [1.165, 1.54) is 0 Å². The minimum absolute atomic E-state index is 0.158. The first-order valence-electron chi connectivity index (χ1n) is 4.92. The van der Waals surface area contributed by atoms with Crippen molar-refractivity contribution in [1.82, 2.24) is 4.98 Å². The molecule has 0 saturated carbocycles. The van der Waals surface area contributed by atoms with Crippen LogP contribution < -0.4 is 15.0 Å². The van der Waals surface area contributed by atoms with Crippen molar-refractivity contribution in [3.8, 4) is 11.5 Å². The first-order valence-corrected chi connectivity index (χ1v) is 4.92. The number of nitrogens with one attached hydrogen (secondary N) is 1. The van der Waals surface area contributed by atoms with E-state index in [0.717, 1.165) is 5.39 Å². The van der Waals surface area contributed by atoms with E-state index in [-0.39, 0.29) is 5.56 Å². The van der Waals surface area contributed by atoms with Gasteiger partial charge in [0.1, 0.15) is 11.5 Å². The molecule has 0 fully saturated rings. The molecule has 4 nitrogen and oxygen atoms in total. The van der Waals surface area contributed by atoms with Gasteiger partial charge in [0.05, 0.1) is 25.3 Å². The Balaban J connectivity index is 2.95. The predicted molar refractivity (Wildman–Crippen MR) is 62.4 cm³/mol. The molecule has 0 amide bonds. The number of aromatic nitrogens is 1. The van der Waals surface area contributed by atoms with Crippen molar-refractivity contribution < 1.29 is 9.47 Å². The maximum absolute atomic E-state index is 11.7. The van der Waals surface area contributed by atoms with Gasteiger partial charge < -0.3 is 14.5 Å². The first-order chi connectivity index (χ1) is 7.69. The van der Waals surface area contributed by atoms with E-state index in [0.29, 0.717) is 22.6 Å². The van der Waals surface area contributed by atoms with Gasteiger partial charge in [0, 0.05) is 5.39 Å². The van der Waals surface area contributed by atoms with Crippen LogP contribution in [-0.4, -0.2) is 19.2 Å². The SMILES string of the molecule is COc1c(C)c(=O)[nH]c2c(OC)cccc12. The molecule has 0 aliphatic heterocycles. The number of hydrogen-bond donors (Lipinski definition) is 1. The van der Waals surface area contributed by atoms with Gasteiger partial charge in [-0.05, 0) is 19.1 Å². The molecule has 4 heteroatoms. The van der Waals surface area contributed by atoms with Crippen molar-refractivity contribution in [3.63, 3.8) is 0 Å². The molecule has 2 aromatic rings. The summed E-state index contributed by atoms with van der Waals surface area (Å²) >= 11 is 0. The molecule has 1 aromatic carbocycles. The number of ether oxygens (including phenoxy) is 2. The molecule has 1 N–H and O–H groups in total. The average Bonchev–Trinajstić information content (AvgIpc) is 2.30. The van der Waals surface area contributed by atoms with Crippen LogP contribution in [0.1, 0.15) is 5.56 Å². The molecule has 84 valence electrons. The van der Waals surface area contributed by atoms with Gasteiger partial charge in [-0.3, -0.25) is 4.79 Å². The van der Waals surface area contributed by atoms with Gasteiger partial charge in [0.25, 0.3) is 5.56 Å². The fourth-order valence-electron chi connectivity index (χ4n) is 1.79. The van der Waals surface area contributed by atoms with E-state index in [2.05, 4.69) is 4.98 Å². The first kappa shape index (κ1) is 10.5. The number of hydrogen-bond acceptors (Lipinski definition) is 3. The van der Waals surface area contributed by atoms with E-state index >= 15 is 0 Å². The number of fused-ring (bicyclic) bond motifs is 1. The van der Waals surface area contributed by atoms with Gasteiger partial charge in [0.2, 0.25) is 0 Å². The van der Waals surface area contributed by atoms with Gasteiger partial charge in [-0.2, -0.15) is 0 Å². The van der Waals surface area contributed by atoms with E-state index in [4.69, 9.17) is 9.47 Å². The Morgan fingerprint density at radius 2 is 1.94 bits per heavy atom. The highest BCUT2D eigenvalue weighted by Crippen LogP contribution is 2.30. The Kier molecular flexibility index (Phi) is 2.56. The van der Waals surface area contributed by atoms with Crippen LogP contribution in [0.15, 0.2) is 23.0 Å². The maximum Gasteiger partial charge on any atom is 0.255 e. The number of benzene rings is 1. The van der Waals surface area contributed by atoms with Crippen LogP contribution >= 0.6 is 0 Å². The second-order valence-corrected chi connectivity index (χ2v) is 3.50. The summed E-state index contributed by atoms with van der Waals surface area (Å²) in [5, 5.41) is 0.846. The number of methoxy groups -OCH3 is 2. The third-order valence-electron chi connectivity index (χ3n) is 2.61. The summed E-state index contributed by atoms with van der Waals surface area (Å²) in [5.74, 6) is 1.23. The van der Waals surface area contributed by atoms with E-state index in [1.807, 2.05) is 12.1 Å². The minimum atomic E-state index is -0.158. The second-order valence-electron chi connectivity index (χ2n) is 3.50. The maximum atomic E-state index is 11.7. The Bertz CT molecular complexity index is 587. The van der Waals surface area contributed by atoms with E-state index in [1.54, 1.807) is 27.2 Å². The molecule has 0 spiro atoms. The number of pyridine rings is 1. The standard InChI is InChI=1S/C12H13NO3/c1-7-11(16-3)8-5-4-6-9(15-2)10(8)13-12(7)14/h4-6H,1-3H3,(H,13,14). The van der Waals surface area contributed by atoms with Crippen molar-refractivity contribution in [2.45, 2.75) is 6.92 Å². The monoisotopic (exact) mass is 219 g/mol. The van der Waals surface area contributed by atoms with Crippen LogP contribution in [0.3, 0.4) is 0 Å². The Morgan fingerprint density at radius 1 is 1.19 bits per heavy atom. The lowest BCUT2D eigenvalue weighted by Crippen LogP contribution is -2.11. The van der Waals surface area contributed by atoms with Crippen molar-refractivity contribution >= 4 is 10.9 Å². The highest BCUT2D eigenvalue weighted by atomic mass is 16.5. The lowest BCUT2D eigenvalue weighted by molar-refractivity contribution is 0.412. The van der Waals surface area contributed by atoms with Crippen molar-refractivity contribution in [2.75, 3.05) is 14.2 Å². The normalized spacial score (nSPS) is 10.4. The molecule has 0 aliphatic rings. The molecule has 0 radical (unpaired) electrons. The molecule has 0 bridgehead atoms. The highest BCUT2D eigenvalue weighted by molar-refractivity contribution is 5.90. The minimum Gasteiger partial charge on any atom is -0.496 e. The molecule has 16 heavy (non-hydrogen) atoms. The summed E-state index contributed by atoms with van der Waals surface area (Å²) in [6.07, 6.45) is 0. The summed E-state index contributed by atoms with van der Waals surface area (Å²) in [6.45, 7) is 1.73. The number of rotatable bonds is 2. The summed E-state index contributed by atoms with van der Waals surface area (Å²) in [6, 6.07) is 5.55. The molecule has 0 atom stereocenters. The second kappa shape index (κ2) is 3.89. The summed E-state index contributed by atoms with van der Waals surface area (Å²) in [7, 11) is 3.13. The zero-order chi connectivity index (χ0) is 11.7. The predicted octanol–water partition coefficient (Wildman–Crippen LogP) is 1.85. The zero-order valence-corrected chi connectivity index (χ0v) is 9.46. The third-order valence-corrected chi connectivity index (χ3v) is 2.61. The lowest BCUT2D eigenvalue weighted by atomic mass is 10.1. The topological polar surface area (TPSA) is 51.3 Å². The van der Waals surface area contributed by atoms with Crippen LogP contribution in [-0.2, 0) is 0 Å². The molecule has 0 unspecified atom stereocenters. The van der Waals surface area contributed by atoms with Crippen LogP contribution in [0, 0.1) is 6.92 Å². The van der Waals surface area contributed by atoms with Crippen LogP contribution in [0.2, 0.25) is 0 Å². The van der Waals surface area contributed by atoms with Gasteiger partial charge in [-0.25, -0.2) is 0 Å². The molecule has 1 heterocycles. The van der Waals surface area contributed by atoms with Crippen LogP contribution in [0.25, 0.3) is 10.9 Å². The van der Waals surface area contributed by atoms with Crippen molar-refractivity contribution in [2.24, 2.45) is 0 Å².